The highest BCUT2D eigenvalue weighted by Crippen LogP contribution is 2.26. The molecule has 0 aromatic rings. The minimum atomic E-state index is -0.982. The highest BCUT2D eigenvalue weighted by molar-refractivity contribution is 5.68. The number of ether oxygens (including phenoxy) is 2. The summed E-state index contributed by atoms with van der Waals surface area (Å²) in [5, 5.41) is 8.58. The van der Waals surface area contributed by atoms with E-state index in [-0.39, 0.29) is 19.3 Å². The topological polar surface area (TPSA) is 76.1 Å². The monoisotopic (exact) mass is 257 g/mol. The van der Waals surface area contributed by atoms with E-state index in [1.54, 1.807) is 4.90 Å². The molecule has 18 heavy (non-hydrogen) atoms. The van der Waals surface area contributed by atoms with Gasteiger partial charge in [-0.3, -0.25) is 0 Å². The lowest BCUT2D eigenvalue weighted by molar-refractivity contribution is -0.151. The standard InChI is InChI=1S/C12H19NO5/c1-3-8-17-11(16)13-6-4-12(2,5-7-13)18-9-10(14)15/h3H,1,4-9H2,2H3,(H,14,15). The third-order valence-electron chi connectivity index (χ3n) is 2.95. The van der Waals surface area contributed by atoms with Gasteiger partial charge < -0.3 is 19.5 Å². The van der Waals surface area contributed by atoms with E-state index >= 15 is 0 Å². The second kappa shape index (κ2) is 6.39. The molecule has 6 heteroatoms. The molecule has 1 N–H and O–H groups in total. The maximum Gasteiger partial charge on any atom is 0.410 e. The number of carbonyl (C=O) groups is 2. The molecule has 0 aromatic heterocycles. The van der Waals surface area contributed by atoms with Crippen LogP contribution < -0.4 is 0 Å². The number of carboxylic acid groups (broad SMARTS) is 1. The van der Waals surface area contributed by atoms with E-state index < -0.39 is 11.6 Å². The van der Waals surface area contributed by atoms with Gasteiger partial charge in [0.2, 0.25) is 0 Å². The molecule has 1 amide bonds. The van der Waals surface area contributed by atoms with Gasteiger partial charge in [0.1, 0.15) is 13.2 Å². The molecule has 0 aromatic carbocycles. The molecule has 1 saturated heterocycles. The number of rotatable bonds is 5. The normalized spacial score (nSPS) is 18.2. The Hall–Kier alpha value is -1.56. The van der Waals surface area contributed by atoms with E-state index in [0.29, 0.717) is 25.9 Å². The lowest BCUT2D eigenvalue weighted by Crippen LogP contribution is -2.47. The predicted molar refractivity (Wildman–Crippen MR) is 64.3 cm³/mol. The Bertz CT molecular complexity index is 320. The van der Waals surface area contributed by atoms with Crippen molar-refractivity contribution in [3.05, 3.63) is 12.7 Å². The number of piperidine rings is 1. The Kier molecular flexibility index (Phi) is 5.15. The van der Waals surface area contributed by atoms with Crippen molar-refractivity contribution >= 4 is 12.1 Å². The van der Waals surface area contributed by atoms with Crippen LogP contribution in [0.25, 0.3) is 0 Å². The number of hydrogen-bond donors (Lipinski definition) is 1. The van der Waals surface area contributed by atoms with Crippen molar-refractivity contribution in [1.29, 1.82) is 0 Å². The van der Waals surface area contributed by atoms with Gasteiger partial charge in [0, 0.05) is 13.1 Å². The number of hydrogen-bond acceptors (Lipinski definition) is 4. The van der Waals surface area contributed by atoms with Gasteiger partial charge in [-0.05, 0) is 19.8 Å². The molecule has 1 aliphatic heterocycles. The molecule has 0 aliphatic carbocycles. The van der Waals surface area contributed by atoms with Crippen molar-refractivity contribution in [2.45, 2.75) is 25.4 Å². The third-order valence-corrected chi connectivity index (χ3v) is 2.95. The molecule has 0 radical (unpaired) electrons. The van der Waals surface area contributed by atoms with Crippen molar-refractivity contribution in [3.63, 3.8) is 0 Å². The Morgan fingerprint density at radius 2 is 2.06 bits per heavy atom. The summed E-state index contributed by atoms with van der Waals surface area (Å²) in [4.78, 5) is 23.6. The van der Waals surface area contributed by atoms with Gasteiger partial charge in [-0.15, -0.1) is 0 Å². The van der Waals surface area contributed by atoms with Crippen molar-refractivity contribution in [1.82, 2.24) is 4.90 Å². The fraction of sp³-hybridized carbons (Fsp3) is 0.667. The minimum absolute atomic E-state index is 0.197. The summed E-state index contributed by atoms with van der Waals surface area (Å²) in [5.41, 5.74) is -0.479. The number of likely N-dealkylation sites (tertiary alicyclic amines) is 1. The molecular formula is C12H19NO5. The first-order valence-electron chi connectivity index (χ1n) is 5.85. The number of carbonyl (C=O) groups excluding carboxylic acids is 1. The number of amides is 1. The van der Waals surface area contributed by atoms with E-state index in [2.05, 4.69) is 6.58 Å². The van der Waals surface area contributed by atoms with Crippen molar-refractivity contribution in [3.8, 4) is 0 Å². The van der Waals surface area contributed by atoms with Gasteiger partial charge in [-0.2, -0.15) is 0 Å². The van der Waals surface area contributed by atoms with Crippen LogP contribution in [-0.2, 0) is 14.3 Å². The first-order chi connectivity index (χ1) is 8.47. The Labute approximate surface area is 106 Å². The van der Waals surface area contributed by atoms with Crippen LogP contribution in [0, 0.1) is 0 Å². The summed E-state index contributed by atoms with van der Waals surface area (Å²) >= 11 is 0. The zero-order valence-corrected chi connectivity index (χ0v) is 10.6. The van der Waals surface area contributed by atoms with Gasteiger partial charge in [-0.25, -0.2) is 9.59 Å². The lowest BCUT2D eigenvalue weighted by Gasteiger charge is -2.38. The summed E-state index contributed by atoms with van der Waals surface area (Å²) in [6.45, 7) is 6.23. The van der Waals surface area contributed by atoms with Crippen molar-refractivity contribution in [2.75, 3.05) is 26.3 Å². The SMILES string of the molecule is C=CCOC(=O)N1CCC(C)(OCC(=O)O)CC1. The van der Waals surface area contributed by atoms with Crippen molar-refractivity contribution in [2.24, 2.45) is 0 Å². The fourth-order valence-corrected chi connectivity index (χ4v) is 1.76. The van der Waals surface area contributed by atoms with E-state index in [1.165, 1.54) is 6.08 Å². The molecule has 0 bridgehead atoms. The molecule has 6 nitrogen and oxygen atoms in total. The molecule has 0 spiro atoms. The number of carboxylic acids is 1. The fourth-order valence-electron chi connectivity index (χ4n) is 1.76. The molecule has 0 unspecified atom stereocenters. The molecule has 0 saturated carbocycles. The smallest absolute Gasteiger partial charge is 0.410 e. The van der Waals surface area contributed by atoms with E-state index in [9.17, 15) is 9.59 Å². The number of nitrogens with zero attached hydrogens (tertiary/aromatic N) is 1. The molecular weight excluding hydrogens is 238 g/mol. The molecule has 1 fully saturated rings. The van der Waals surface area contributed by atoms with Crippen molar-refractivity contribution < 1.29 is 24.2 Å². The zero-order chi connectivity index (χ0) is 13.6. The van der Waals surface area contributed by atoms with Gasteiger partial charge >= 0.3 is 12.1 Å². The van der Waals surface area contributed by atoms with Crippen LogP contribution in [0.15, 0.2) is 12.7 Å². The number of aliphatic carboxylic acids is 1. The molecule has 1 aliphatic rings. The van der Waals surface area contributed by atoms with Crippen LogP contribution in [0.1, 0.15) is 19.8 Å². The third kappa shape index (κ3) is 4.37. The van der Waals surface area contributed by atoms with E-state index in [1.807, 2.05) is 6.92 Å². The van der Waals surface area contributed by atoms with Gasteiger partial charge in [0.05, 0.1) is 5.60 Å². The highest BCUT2D eigenvalue weighted by atomic mass is 16.6. The molecule has 1 rings (SSSR count). The van der Waals surface area contributed by atoms with Gasteiger partial charge in [0.15, 0.2) is 0 Å². The predicted octanol–water partition coefficient (Wildman–Crippen LogP) is 1.26. The van der Waals surface area contributed by atoms with E-state index in [0.717, 1.165) is 0 Å². The average molecular weight is 257 g/mol. The first kappa shape index (κ1) is 14.5. The van der Waals surface area contributed by atoms with Crippen LogP contribution in [0.5, 0.6) is 0 Å². The summed E-state index contributed by atoms with van der Waals surface area (Å²) in [7, 11) is 0. The van der Waals surface area contributed by atoms with Crippen LogP contribution in [-0.4, -0.2) is 54.0 Å². The lowest BCUT2D eigenvalue weighted by atomic mass is 9.93. The second-order valence-electron chi connectivity index (χ2n) is 4.48. The van der Waals surface area contributed by atoms with Gasteiger partial charge in [0.25, 0.3) is 0 Å². The molecule has 102 valence electrons. The average Bonchev–Trinajstić information content (AvgIpc) is 2.34. The maximum atomic E-state index is 11.6. The Balaban J connectivity index is 2.37. The Morgan fingerprint density at radius 3 is 2.56 bits per heavy atom. The largest absolute Gasteiger partial charge is 0.480 e. The summed E-state index contributed by atoms with van der Waals surface area (Å²) in [6.07, 6.45) is 2.35. The maximum absolute atomic E-state index is 11.6. The van der Waals surface area contributed by atoms with Crippen LogP contribution in [0.3, 0.4) is 0 Å². The summed E-state index contributed by atoms with van der Waals surface area (Å²) in [6, 6.07) is 0. The second-order valence-corrected chi connectivity index (χ2v) is 4.48. The van der Waals surface area contributed by atoms with E-state index in [4.69, 9.17) is 14.6 Å². The summed E-state index contributed by atoms with van der Waals surface area (Å²) < 4.78 is 10.3. The minimum Gasteiger partial charge on any atom is -0.480 e. The quantitative estimate of drug-likeness (QED) is 0.750. The van der Waals surface area contributed by atoms with Crippen LogP contribution >= 0.6 is 0 Å². The van der Waals surface area contributed by atoms with Crippen LogP contribution in [0.2, 0.25) is 0 Å². The first-order valence-corrected chi connectivity index (χ1v) is 5.85. The summed E-state index contributed by atoms with van der Waals surface area (Å²) in [5.74, 6) is -0.982. The van der Waals surface area contributed by atoms with Crippen LogP contribution in [0.4, 0.5) is 4.79 Å². The van der Waals surface area contributed by atoms with Gasteiger partial charge in [-0.1, -0.05) is 12.7 Å². The Morgan fingerprint density at radius 1 is 1.44 bits per heavy atom. The highest BCUT2D eigenvalue weighted by Gasteiger charge is 2.33. The molecule has 1 heterocycles. The zero-order valence-electron chi connectivity index (χ0n) is 10.6. The molecule has 0 atom stereocenters.